The molecule has 0 spiro atoms. The lowest BCUT2D eigenvalue weighted by Crippen LogP contribution is -2.14. The molecule has 3 nitrogen and oxygen atoms in total. The number of nitrogens with zero attached hydrogens (tertiary/aromatic N) is 2. The summed E-state index contributed by atoms with van der Waals surface area (Å²) in [4.78, 5) is 0. The molecule has 1 N–H and O–H groups in total. The topological polar surface area (TPSA) is 29.9 Å². The zero-order valence-electron chi connectivity index (χ0n) is 7.47. The normalized spacial score (nSPS) is 10.6. The van der Waals surface area contributed by atoms with Crippen LogP contribution in [0.5, 0.6) is 0 Å². The molecule has 12 heavy (non-hydrogen) atoms. The Morgan fingerprint density at radius 1 is 1.67 bits per heavy atom. The summed E-state index contributed by atoms with van der Waals surface area (Å²) in [5.74, 6) is 0. The highest BCUT2D eigenvalue weighted by Gasteiger charge is 2.02. The fourth-order valence-electron chi connectivity index (χ4n) is 1.01. The van der Waals surface area contributed by atoms with Gasteiger partial charge in [-0.05, 0) is 28.9 Å². The Bertz CT molecular complexity index is 244. The average Bonchev–Trinajstić information content (AvgIpc) is 2.31. The third-order valence-corrected chi connectivity index (χ3v) is 2.24. The van der Waals surface area contributed by atoms with Gasteiger partial charge < -0.3 is 5.32 Å². The lowest BCUT2D eigenvalue weighted by atomic mass is 10.4. The minimum absolute atomic E-state index is 0.843. The number of aryl methyl sites for hydroxylation is 1. The van der Waals surface area contributed by atoms with E-state index in [-0.39, 0.29) is 0 Å². The van der Waals surface area contributed by atoms with Crippen molar-refractivity contribution in [2.45, 2.75) is 19.9 Å². The highest BCUT2D eigenvalue weighted by molar-refractivity contribution is 9.10. The first kappa shape index (κ1) is 9.74. The number of hydrogen-bond acceptors (Lipinski definition) is 2. The Morgan fingerprint density at radius 2 is 2.42 bits per heavy atom. The van der Waals surface area contributed by atoms with E-state index in [2.05, 4.69) is 33.3 Å². The molecule has 0 radical (unpaired) electrons. The standard InChI is InChI=1S/C8H14BrN3/c1-3-4-10-5-8-7(9)6-12(2)11-8/h6,10H,3-5H2,1-2H3. The van der Waals surface area contributed by atoms with Crippen molar-refractivity contribution >= 4 is 15.9 Å². The summed E-state index contributed by atoms with van der Waals surface area (Å²) in [7, 11) is 1.92. The highest BCUT2D eigenvalue weighted by Crippen LogP contribution is 2.13. The second-order valence-electron chi connectivity index (χ2n) is 2.77. The molecule has 0 saturated heterocycles. The molecule has 0 bridgehead atoms. The molecule has 1 heterocycles. The van der Waals surface area contributed by atoms with Gasteiger partial charge in [0, 0.05) is 19.8 Å². The van der Waals surface area contributed by atoms with Crippen LogP contribution in [0.3, 0.4) is 0 Å². The third kappa shape index (κ3) is 2.60. The van der Waals surface area contributed by atoms with Crippen LogP contribution < -0.4 is 5.32 Å². The van der Waals surface area contributed by atoms with Crippen molar-refractivity contribution in [3.05, 3.63) is 16.4 Å². The SMILES string of the molecule is CCCNCc1nn(C)cc1Br. The molecule has 1 rings (SSSR count). The summed E-state index contributed by atoms with van der Waals surface area (Å²) in [6.07, 6.45) is 3.12. The number of nitrogens with one attached hydrogen (secondary N) is 1. The molecule has 1 aromatic rings. The number of rotatable bonds is 4. The fraction of sp³-hybridized carbons (Fsp3) is 0.625. The van der Waals surface area contributed by atoms with E-state index in [4.69, 9.17) is 0 Å². The smallest absolute Gasteiger partial charge is 0.0904 e. The number of hydrogen-bond donors (Lipinski definition) is 1. The number of aromatic nitrogens is 2. The zero-order valence-corrected chi connectivity index (χ0v) is 9.06. The van der Waals surface area contributed by atoms with Gasteiger partial charge in [0.15, 0.2) is 0 Å². The maximum absolute atomic E-state index is 4.29. The maximum atomic E-state index is 4.29. The van der Waals surface area contributed by atoms with E-state index in [0.717, 1.165) is 29.7 Å². The van der Waals surface area contributed by atoms with Gasteiger partial charge in [-0.15, -0.1) is 0 Å². The van der Waals surface area contributed by atoms with Crippen LogP contribution in [0.25, 0.3) is 0 Å². The van der Waals surface area contributed by atoms with E-state index in [1.165, 1.54) is 0 Å². The van der Waals surface area contributed by atoms with E-state index in [1.807, 2.05) is 17.9 Å². The Labute approximate surface area is 81.3 Å². The lowest BCUT2D eigenvalue weighted by molar-refractivity contribution is 0.646. The molecule has 0 aliphatic carbocycles. The highest BCUT2D eigenvalue weighted by atomic mass is 79.9. The van der Waals surface area contributed by atoms with Crippen LogP contribution in [0.4, 0.5) is 0 Å². The second-order valence-corrected chi connectivity index (χ2v) is 3.63. The van der Waals surface area contributed by atoms with Gasteiger partial charge in [0.25, 0.3) is 0 Å². The molecule has 0 unspecified atom stereocenters. The summed E-state index contributed by atoms with van der Waals surface area (Å²) in [5, 5.41) is 7.59. The van der Waals surface area contributed by atoms with Gasteiger partial charge in [0.05, 0.1) is 10.2 Å². The Kier molecular flexibility index (Phi) is 3.75. The van der Waals surface area contributed by atoms with Gasteiger partial charge >= 0.3 is 0 Å². The Balaban J connectivity index is 2.45. The summed E-state index contributed by atoms with van der Waals surface area (Å²) in [6, 6.07) is 0. The molecule has 68 valence electrons. The van der Waals surface area contributed by atoms with Gasteiger partial charge in [-0.1, -0.05) is 6.92 Å². The maximum Gasteiger partial charge on any atom is 0.0904 e. The van der Waals surface area contributed by atoms with Crippen LogP contribution in [-0.2, 0) is 13.6 Å². The van der Waals surface area contributed by atoms with Crippen molar-refractivity contribution in [3.8, 4) is 0 Å². The molecule has 0 amide bonds. The van der Waals surface area contributed by atoms with Crippen molar-refractivity contribution in [1.29, 1.82) is 0 Å². The number of halogens is 1. The summed E-state index contributed by atoms with van der Waals surface area (Å²) in [5.41, 5.74) is 1.07. The fourth-order valence-corrected chi connectivity index (χ4v) is 1.52. The van der Waals surface area contributed by atoms with E-state index < -0.39 is 0 Å². The molecule has 0 aliphatic rings. The van der Waals surface area contributed by atoms with Crippen LogP contribution in [0.2, 0.25) is 0 Å². The van der Waals surface area contributed by atoms with Gasteiger partial charge in [0.2, 0.25) is 0 Å². The Morgan fingerprint density at radius 3 is 2.92 bits per heavy atom. The second kappa shape index (κ2) is 4.62. The van der Waals surface area contributed by atoms with Crippen molar-refractivity contribution in [1.82, 2.24) is 15.1 Å². The quantitative estimate of drug-likeness (QED) is 0.800. The van der Waals surface area contributed by atoms with Gasteiger partial charge in [-0.25, -0.2) is 0 Å². The molecule has 0 aromatic carbocycles. The minimum Gasteiger partial charge on any atom is -0.311 e. The van der Waals surface area contributed by atoms with Crippen LogP contribution in [0, 0.1) is 0 Å². The lowest BCUT2D eigenvalue weighted by Gasteiger charge is -1.98. The zero-order chi connectivity index (χ0) is 8.97. The monoisotopic (exact) mass is 231 g/mol. The molecule has 0 fully saturated rings. The van der Waals surface area contributed by atoms with Crippen molar-refractivity contribution in [2.24, 2.45) is 7.05 Å². The molecular weight excluding hydrogens is 218 g/mol. The molecular formula is C8H14BrN3. The Hall–Kier alpha value is -0.350. The average molecular weight is 232 g/mol. The summed E-state index contributed by atoms with van der Waals surface area (Å²) >= 11 is 3.45. The van der Waals surface area contributed by atoms with E-state index in [9.17, 15) is 0 Å². The predicted molar refractivity (Wildman–Crippen MR) is 52.9 cm³/mol. The predicted octanol–water partition coefficient (Wildman–Crippen LogP) is 1.68. The van der Waals surface area contributed by atoms with Crippen LogP contribution in [0.15, 0.2) is 10.7 Å². The molecule has 0 aliphatic heterocycles. The van der Waals surface area contributed by atoms with E-state index in [1.54, 1.807) is 0 Å². The van der Waals surface area contributed by atoms with Crippen molar-refractivity contribution in [3.63, 3.8) is 0 Å². The van der Waals surface area contributed by atoms with Crippen molar-refractivity contribution in [2.75, 3.05) is 6.54 Å². The largest absolute Gasteiger partial charge is 0.311 e. The minimum atomic E-state index is 0.843. The van der Waals surface area contributed by atoms with Gasteiger partial charge in [-0.3, -0.25) is 4.68 Å². The molecule has 1 aromatic heterocycles. The van der Waals surface area contributed by atoms with Crippen molar-refractivity contribution < 1.29 is 0 Å². The summed E-state index contributed by atoms with van der Waals surface area (Å²) < 4.78 is 2.89. The van der Waals surface area contributed by atoms with E-state index >= 15 is 0 Å². The molecule has 4 heteroatoms. The molecule has 0 atom stereocenters. The summed E-state index contributed by atoms with van der Waals surface area (Å²) in [6.45, 7) is 4.04. The molecule has 0 saturated carbocycles. The first-order valence-corrected chi connectivity index (χ1v) is 4.92. The third-order valence-electron chi connectivity index (χ3n) is 1.57. The first-order valence-electron chi connectivity index (χ1n) is 4.12. The first-order chi connectivity index (χ1) is 5.74. The van der Waals surface area contributed by atoms with Crippen LogP contribution >= 0.6 is 15.9 Å². The van der Waals surface area contributed by atoms with Crippen LogP contribution in [0.1, 0.15) is 19.0 Å². The van der Waals surface area contributed by atoms with Gasteiger partial charge in [0.1, 0.15) is 0 Å². The van der Waals surface area contributed by atoms with Gasteiger partial charge in [-0.2, -0.15) is 5.10 Å². The van der Waals surface area contributed by atoms with Crippen LogP contribution in [-0.4, -0.2) is 16.3 Å². The van der Waals surface area contributed by atoms with E-state index in [0.29, 0.717) is 0 Å².